The molecule has 5 aliphatic carbocycles. The number of fused-ring (bicyclic) bond motifs is 5. The highest BCUT2D eigenvalue weighted by atomic mass is 16.1. The van der Waals surface area contributed by atoms with E-state index in [0.717, 1.165) is 49.9 Å². The molecule has 5 rings (SSSR count). The molecule has 0 aromatic heterocycles. The van der Waals surface area contributed by atoms with Gasteiger partial charge in [-0.2, -0.15) is 0 Å². The van der Waals surface area contributed by atoms with Gasteiger partial charge < -0.3 is 0 Å². The molecule has 5 aliphatic rings. The zero-order valence-corrected chi connectivity index (χ0v) is 14.5. The molecular formula is C21H30O2. The van der Waals surface area contributed by atoms with E-state index in [2.05, 4.69) is 6.92 Å². The van der Waals surface area contributed by atoms with Crippen molar-refractivity contribution in [2.45, 2.75) is 77.6 Å². The van der Waals surface area contributed by atoms with Crippen molar-refractivity contribution in [1.29, 1.82) is 0 Å². The van der Waals surface area contributed by atoms with Crippen molar-refractivity contribution in [2.24, 2.45) is 40.4 Å². The summed E-state index contributed by atoms with van der Waals surface area (Å²) in [6, 6.07) is 0. The Morgan fingerprint density at radius 3 is 2.39 bits per heavy atom. The second-order valence-electron chi connectivity index (χ2n) is 9.70. The summed E-state index contributed by atoms with van der Waals surface area (Å²) in [6.45, 7) is 2.28. The highest BCUT2D eigenvalue weighted by Gasteiger charge is 2.64. The first kappa shape index (κ1) is 14.7. The van der Waals surface area contributed by atoms with Crippen molar-refractivity contribution >= 4 is 11.6 Å². The Balaban J connectivity index is 1.52. The molecule has 0 saturated heterocycles. The maximum atomic E-state index is 12.5. The molecule has 0 aromatic carbocycles. The number of rotatable bonds is 1. The maximum absolute atomic E-state index is 12.5. The van der Waals surface area contributed by atoms with Crippen LogP contribution in [0.5, 0.6) is 0 Å². The molecule has 5 saturated carbocycles. The summed E-state index contributed by atoms with van der Waals surface area (Å²) in [5, 5.41) is 0. The largest absolute Gasteiger partial charge is 0.300 e. The van der Waals surface area contributed by atoms with Crippen molar-refractivity contribution in [3.63, 3.8) is 0 Å². The van der Waals surface area contributed by atoms with Crippen molar-refractivity contribution in [3.05, 3.63) is 0 Å². The maximum Gasteiger partial charge on any atom is 0.139 e. The van der Waals surface area contributed by atoms with Crippen LogP contribution in [0.1, 0.15) is 77.6 Å². The third-order valence-corrected chi connectivity index (χ3v) is 9.09. The van der Waals surface area contributed by atoms with Crippen LogP contribution in [-0.4, -0.2) is 11.6 Å². The van der Waals surface area contributed by atoms with E-state index in [1.54, 1.807) is 0 Å². The SMILES string of the molecule is CC12CC[C@H]3[C@@H](CCC4CC(=O)CCC43C3CC3)[C@@H]1CCC2=O. The summed E-state index contributed by atoms with van der Waals surface area (Å²) in [7, 11) is 0. The van der Waals surface area contributed by atoms with E-state index >= 15 is 0 Å². The van der Waals surface area contributed by atoms with E-state index in [9.17, 15) is 9.59 Å². The van der Waals surface area contributed by atoms with Crippen LogP contribution >= 0.6 is 0 Å². The van der Waals surface area contributed by atoms with Crippen LogP contribution < -0.4 is 0 Å². The van der Waals surface area contributed by atoms with E-state index in [1.165, 1.54) is 38.5 Å². The van der Waals surface area contributed by atoms with Crippen molar-refractivity contribution < 1.29 is 9.59 Å². The molecular weight excluding hydrogens is 284 g/mol. The molecule has 126 valence electrons. The molecule has 2 heteroatoms. The Hall–Kier alpha value is -0.660. The first-order valence-corrected chi connectivity index (χ1v) is 10.1. The van der Waals surface area contributed by atoms with E-state index in [0.29, 0.717) is 28.8 Å². The van der Waals surface area contributed by atoms with Crippen molar-refractivity contribution in [2.75, 3.05) is 0 Å². The van der Waals surface area contributed by atoms with Gasteiger partial charge in [0, 0.05) is 24.7 Å². The lowest BCUT2D eigenvalue weighted by atomic mass is 9.43. The molecule has 6 atom stereocenters. The van der Waals surface area contributed by atoms with E-state index in [-0.39, 0.29) is 5.41 Å². The molecule has 5 fully saturated rings. The second kappa shape index (κ2) is 4.70. The lowest BCUT2D eigenvalue weighted by Gasteiger charge is -2.61. The molecule has 0 aliphatic heterocycles. The Kier molecular flexibility index (Phi) is 3.00. The second-order valence-corrected chi connectivity index (χ2v) is 9.70. The summed E-state index contributed by atoms with van der Waals surface area (Å²) in [4.78, 5) is 24.6. The minimum absolute atomic E-state index is 0.00320. The fraction of sp³-hybridized carbons (Fsp3) is 0.905. The van der Waals surface area contributed by atoms with Gasteiger partial charge in [0.05, 0.1) is 0 Å². The van der Waals surface area contributed by atoms with Crippen LogP contribution in [0, 0.1) is 40.4 Å². The molecule has 0 aromatic rings. The lowest BCUT2D eigenvalue weighted by molar-refractivity contribution is -0.151. The zero-order chi connectivity index (χ0) is 15.8. The Labute approximate surface area is 139 Å². The Morgan fingerprint density at radius 2 is 1.61 bits per heavy atom. The highest BCUT2D eigenvalue weighted by Crippen LogP contribution is 2.70. The van der Waals surface area contributed by atoms with Gasteiger partial charge in [-0.15, -0.1) is 0 Å². The van der Waals surface area contributed by atoms with Gasteiger partial charge in [-0.1, -0.05) is 6.92 Å². The summed E-state index contributed by atoms with van der Waals surface area (Å²) in [5.74, 6) is 4.94. The van der Waals surface area contributed by atoms with Crippen molar-refractivity contribution in [3.8, 4) is 0 Å². The quantitative estimate of drug-likeness (QED) is 0.711. The molecule has 0 heterocycles. The van der Waals surface area contributed by atoms with Crippen LogP contribution in [0.4, 0.5) is 0 Å². The minimum Gasteiger partial charge on any atom is -0.300 e. The molecule has 0 spiro atoms. The summed E-state index contributed by atoms with van der Waals surface area (Å²) < 4.78 is 0. The predicted molar refractivity (Wildman–Crippen MR) is 88.8 cm³/mol. The number of carbonyl (C=O) groups is 2. The van der Waals surface area contributed by atoms with E-state index in [4.69, 9.17) is 0 Å². The van der Waals surface area contributed by atoms with Gasteiger partial charge in [0.1, 0.15) is 11.6 Å². The summed E-state index contributed by atoms with van der Waals surface area (Å²) in [6.07, 6.45) is 12.7. The zero-order valence-electron chi connectivity index (χ0n) is 14.5. The van der Waals surface area contributed by atoms with Crippen molar-refractivity contribution in [1.82, 2.24) is 0 Å². The minimum atomic E-state index is 0.00320. The topological polar surface area (TPSA) is 34.1 Å². The lowest BCUT2D eigenvalue weighted by Crippen LogP contribution is -2.55. The van der Waals surface area contributed by atoms with Gasteiger partial charge in [0.25, 0.3) is 0 Å². The molecule has 0 bridgehead atoms. The highest BCUT2D eigenvalue weighted by molar-refractivity contribution is 5.87. The average Bonchev–Trinajstić information content (AvgIpc) is 3.34. The fourth-order valence-corrected chi connectivity index (χ4v) is 7.97. The third-order valence-electron chi connectivity index (χ3n) is 9.09. The summed E-state index contributed by atoms with van der Waals surface area (Å²) in [5.41, 5.74) is 0.493. The monoisotopic (exact) mass is 314 g/mol. The standard InChI is InChI=1S/C21H30O2/c1-20-10-9-18-16(17(20)6-7-19(20)23)5-4-14-12-15(22)8-11-21(14,18)13-2-3-13/h13-14,16-18H,2-12H2,1H3/t14?,16-,17-,18-,20?,21?/m0/s1. The third kappa shape index (κ3) is 1.81. The smallest absolute Gasteiger partial charge is 0.139 e. The summed E-state index contributed by atoms with van der Waals surface area (Å²) >= 11 is 0. The molecule has 23 heavy (non-hydrogen) atoms. The first-order chi connectivity index (χ1) is 11.1. The normalized spacial score (nSPS) is 52.7. The van der Waals surface area contributed by atoms with Crippen LogP contribution in [0.2, 0.25) is 0 Å². The van der Waals surface area contributed by atoms with Gasteiger partial charge in [-0.05, 0) is 86.4 Å². The molecule has 0 N–H and O–H groups in total. The first-order valence-electron chi connectivity index (χ1n) is 10.1. The molecule has 0 radical (unpaired) electrons. The van der Waals surface area contributed by atoms with Crippen LogP contribution in [0.25, 0.3) is 0 Å². The molecule has 3 unspecified atom stereocenters. The van der Waals surface area contributed by atoms with E-state index < -0.39 is 0 Å². The van der Waals surface area contributed by atoms with Crippen LogP contribution in [-0.2, 0) is 9.59 Å². The Bertz CT molecular complexity index is 562. The molecule has 2 nitrogen and oxygen atoms in total. The number of carbonyl (C=O) groups excluding carboxylic acids is 2. The number of Topliss-reactive ketones (excluding diaryl/α,β-unsaturated/α-hetero) is 2. The number of hydrogen-bond donors (Lipinski definition) is 0. The van der Waals surface area contributed by atoms with Gasteiger partial charge in [-0.3, -0.25) is 9.59 Å². The number of hydrogen-bond acceptors (Lipinski definition) is 2. The average molecular weight is 314 g/mol. The fourth-order valence-electron chi connectivity index (χ4n) is 7.97. The van der Waals surface area contributed by atoms with Gasteiger partial charge in [-0.25, -0.2) is 0 Å². The van der Waals surface area contributed by atoms with Crippen LogP contribution in [0.3, 0.4) is 0 Å². The number of ketones is 2. The van der Waals surface area contributed by atoms with Gasteiger partial charge in [0.2, 0.25) is 0 Å². The Morgan fingerprint density at radius 1 is 0.826 bits per heavy atom. The molecule has 0 amide bonds. The predicted octanol–water partition coefficient (Wildman–Crippen LogP) is 4.56. The van der Waals surface area contributed by atoms with Gasteiger partial charge >= 0.3 is 0 Å². The van der Waals surface area contributed by atoms with Crippen LogP contribution in [0.15, 0.2) is 0 Å². The van der Waals surface area contributed by atoms with E-state index in [1.807, 2.05) is 0 Å². The van der Waals surface area contributed by atoms with Gasteiger partial charge in [0.15, 0.2) is 0 Å².